The lowest BCUT2D eigenvalue weighted by atomic mass is 9.98. The summed E-state index contributed by atoms with van der Waals surface area (Å²) in [6.07, 6.45) is 0.914. The number of nitrogens with zero attached hydrogens (tertiary/aromatic N) is 4. The molecule has 6 nitrogen and oxygen atoms in total. The highest BCUT2D eigenvalue weighted by molar-refractivity contribution is 6.00. The summed E-state index contributed by atoms with van der Waals surface area (Å²) in [5.41, 5.74) is -0.270. The van der Waals surface area contributed by atoms with Gasteiger partial charge in [-0.15, -0.1) is 0 Å². The Morgan fingerprint density at radius 1 is 1.06 bits per heavy atom. The highest BCUT2D eigenvalue weighted by Gasteiger charge is 2.50. The van der Waals surface area contributed by atoms with Crippen LogP contribution in [0.2, 0.25) is 0 Å². The van der Waals surface area contributed by atoms with Crippen LogP contribution in [-0.4, -0.2) is 43.9 Å². The number of fused-ring (bicyclic) bond motifs is 2. The second kappa shape index (κ2) is 8.09. The highest BCUT2D eigenvalue weighted by Crippen LogP contribution is 2.41. The summed E-state index contributed by atoms with van der Waals surface area (Å²) in [7, 11) is 0. The van der Waals surface area contributed by atoms with E-state index in [0.717, 1.165) is 18.7 Å². The highest BCUT2D eigenvalue weighted by atomic mass is 19.4. The first-order chi connectivity index (χ1) is 15.8. The van der Waals surface area contributed by atoms with Crippen LogP contribution in [-0.2, 0) is 6.18 Å². The Bertz CT molecular complexity index is 1170. The Morgan fingerprint density at radius 2 is 1.85 bits per heavy atom. The Kier molecular flexibility index (Phi) is 5.22. The number of hydrogen-bond donors (Lipinski definition) is 0. The van der Waals surface area contributed by atoms with Gasteiger partial charge in [-0.3, -0.25) is 4.79 Å². The van der Waals surface area contributed by atoms with Crippen LogP contribution in [0.1, 0.15) is 35.2 Å². The molecule has 5 rings (SSSR count). The van der Waals surface area contributed by atoms with E-state index >= 15 is 0 Å². The molecule has 0 spiro atoms. The molecule has 0 radical (unpaired) electrons. The van der Waals surface area contributed by atoms with Crippen LogP contribution in [0.5, 0.6) is 5.88 Å². The predicted molar refractivity (Wildman–Crippen MR) is 109 cm³/mol. The third-order valence-electron chi connectivity index (χ3n) is 6.07. The molecule has 2 aliphatic heterocycles. The fraction of sp³-hybridized carbons (Fsp3) is 0.304. The number of carbonyl (C=O) groups excluding carboxylic acids is 1. The van der Waals surface area contributed by atoms with Crippen LogP contribution in [0.3, 0.4) is 0 Å². The van der Waals surface area contributed by atoms with Crippen LogP contribution < -0.4 is 4.74 Å². The average molecular weight is 458 g/mol. The van der Waals surface area contributed by atoms with Crippen molar-refractivity contribution in [1.82, 2.24) is 19.9 Å². The summed E-state index contributed by atoms with van der Waals surface area (Å²) >= 11 is 0. The van der Waals surface area contributed by atoms with Crippen molar-refractivity contribution >= 4 is 5.91 Å². The standard InChI is InChI=1S/C23H18F4N4O2/c24-14-3-5-16(17(10-14)21-28-8-1-9-29-21)22(32)31-15-4-6-18(31)19(11-15)33-20-7-2-13(12-30-20)23(25,26)27/h1-3,5,7-10,12,15,18-19H,4,6,11H2. The van der Waals surface area contributed by atoms with E-state index in [-0.39, 0.29) is 35.3 Å². The van der Waals surface area contributed by atoms with Crippen molar-refractivity contribution in [3.05, 3.63) is 71.9 Å². The maximum Gasteiger partial charge on any atom is 0.417 e. The van der Waals surface area contributed by atoms with Gasteiger partial charge in [-0.2, -0.15) is 13.2 Å². The van der Waals surface area contributed by atoms with Gasteiger partial charge in [0.15, 0.2) is 5.82 Å². The van der Waals surface area contributed by atoms with Gasteiger partial charge >= 0.3 is 6.18 Å². The van der Waals surface area contributed by atoms with Gasteiger partial charge in [-0.05, 0) is 43.2 Å². The molecule has 3 aromatic rings. The predicted octanol–water partition coefficient (Wildman–Crippen LogP) is 4.52. The first kappa shape index (κ1) is 21.3. The Balaban J connectivity index is 1.38. The molecule has 10 heteroatoms. The number of alkyl halides is 3. The van der Waals surface area contributed by atoms with Crippen molar-refractivity contribution in [1.29, 1.82) is 0 Å². The van der Waals surface area contributed by atoms with Gasteiger partial charge in [0.2, 0.25) is 5.88 Å². The van der Waals surface area contributed by atoms with Crippen molar-refractivity contribution in [3.63, 3.8) is 0 Å². The summed E-state index contributed by atoms with van der Waals surface area (Å²) in [4.78, 5) is 27.3. The van der Waals surface area contributed by atoms with Crippen LogP contribution in [0.25, 0.3) is 11.4 Å². The molecule has 2 aliphatic rings. The molecule has 0 N–H and O–H groups in total. The van der Waals surface area contributed by atoms with Crippen molar-refractivity contribution in [2.75, 3.05) is 0 Å². The van der Waals surface area contributed by atoms with Crippen molar-refractivity contribution in [3.8, 4) is 17.3 Å². The minimum absolute atomic E-state index is 0.0769. The number of amides is 1. The van der Waals surface area contributed by atoms with Gasteiger partial charge in [-0.1, -0.05) is 0 Å². The summed E-state index contributed by atoms with van der Waals surface area (Å²) in [6, 6.07) is 7.27. The molecule has 2 bridgehead atoms. The molecule has 2 fully saturated rings. The smallest absolute Gasteiger partial charge is 0.417 e. The molecule has 4 heterocycles. The first-order valence-electron chi connectivity index (χ1n) is 10.4. The minimum atomic E-state index is -4.48. The van der Waals surface area contributed by atoms with Crippen molar-refractivity contribution in [2.24, 2.45) is 0 Å². The second-order valence-electron chi connectivity index (χ2n) is 8.05. The van der Waals surface area contributed by atoms with E-state index in [1.54, 1.807) is 11.0 Å². The lowest BCUT2D eigenvalue weighted by molar-refractivity contribution is -0.137. The molecule has 1 amide bonds. The molecule has 33 heavy (non-hydrogen) atoms. The maximum atomic E-state index is 14.0. The number of pyridine rings is 1. The van der Waals surface area contributed by atoms with E-state index in [9.17, 15) is 22.4 Å². The molecule has 2 saturated heterocycles. The minimum Gasteiger partial charge on any atom is -0.472 e. The number of aromatic nitrogens is 3. The van der Waals surface area contributed by atoms with E-state index in [1.165, 1.54) is 36.7 Å². The zero-order valence-corrected chi connectivity index (χ0v) is 17.2. The number of ether oxygens (including phenoxy) is 1. The lowest BCUT2D eigenvalue weighted by Gasteiger charge is -2.25. The summed E-state index contributed by atoms with van der Waals surface area (Å²) in [6.45, 7) is 0. The van der Waals surface area contributed by atoms with Crippen LogP contribution in [0.4, 0.5) is 17.6 Å². The van der Waals surface area contributed by atoms with Gasteiger partial charge in [0, 0.05) is 42.7 Å². The molecule has 3 atom stereocenters. The number of halogens is 4. The topological polar surface area (TPSA) is 68.2 Å². The van der Waals surface area contributed by atoms with Gasteiger partial charge in [0.25, 0.3) is 5.91 Å². The molecule has 0 saturated carbocycles. The van der Waals surface area contributed by atoms with Gasteiger partial charge < -0.3 is 9.64 Å². The van der Waals surface area contributed by atoms with Gasteiger partial charge in [0.05, 0.1) is 17.2 Å². The number of benzene rings is 1. The second-order valence-corrected chi connectivity index (χ2v) is 8.05. The zero-order valence-electron chi connectivity index (χ0n) is 17.2. The van der Waals surface area contributed by atoms with Crippen LogP contribution in [0, 0.1) is 5.82 Å². The van der Waals surface area contributed by atoms with Gasteiger partial charge in [0.1, 0.15) is 11.9 Å². The summed E-state index contributed by atoms with van der Waals surface area (Å²) in [5.74, 6) is -0.467. The Labute approximate surface area is 186 Å². The molecular weight excluding hydrogens is 440 g/mol. The van der Waals surface area contributed by atoms with E-state index in [1.807, 2.05) is 0 Å². The number of hydrogen-bond acceptors (Lipinski definition) is 5. The van der Waals surface area contributed by atoms with Gasteiger partial charge in [-0.25, -0.2) is 19.3 Å². The largest absolute Gasteiger partial charge is 0.472 e. The van der Waals surface area contributed by atoms with Crippen molar-refractivity contribution in [2.45, 2.75) is 43.6 Å². The molecule has 3 unspecified atom stereocenters. The van der Waals surface area contributed by atoms with Crippen molar-refractivity contribution < 1.29 is 27.1 Å². The first-order valence-corrected chi connectivity index (χ1v) is 10.4. The van der Waals surface area contributed by atoms with Crippen LogP contribution in [0.15, 0.2) is 55.0 Å². The molecule has 170 valence electrons. The average Bonchev–Trinajstić information content (AvgIpc) is 3.37. The number of rotatable bonds is 4. The molecule has 2 aromatic heterocycles. The summed E-state index contributed by atoms with van der Waals surface area (Å²) in [5, 5.41) is 0. The quantitative estimate of drug-likeness (QED) is 0.538. The zero-order chi connectivity index (χ0) is 23.2. The number of carbonyl (C=O) groups is 1. The van der Waals surface area contributed by atoms with E-state index in [2.05, 4.69) is 15.0 Å². The van der Waals surface area contributed by atoms with E-state index in [0.29, 0.717) is 18.4 Å². The fourth-order valence-corrected chi connectivity index (χ4v) is 4.61. The third kappa shape index (κ3) is 4.01. The van der Waals surface area contributed by atoms with E-state index in [4.69, 9.17) is 4.74 Å². The molecule has 1 aromatic carbocycles. The Morgan fingerprint density at radius 3 is 2.55 bits per heavy atom. The van der Waals surface area contributed by atoms with Crippen LogP contribution >= 0.6 is 0 Å². The summed E-state index contributed by atoms with van der Waals surface area (Å²) < 4.78 is 58.2. The molecule has 0 aliphatic carbocycles. The SMILES string of the molecule is O=C(c1ccc(F)cc1-c1ncccn1)N1C2CCC1C(Oc1ccc(C(F)(F)F)cn1)C2. The fourth-order valence-electron chi connectivity index (χ4n) is 4.61. The van der Waals surface area contributed by atoms with E-state index < -0.39 is 23.7 Å². The lowest BCUT2D eigenvalue weighted by Crippen LogP contribution is -2.39. The monoisotopic (exact) mass is 458 g/mol. The maximum absolute atomic E-state index is 14.0. The Hall–Kier alpha value is -3.56. The third-order valence-corrected chi connectivity index (χ3v) is 6.07. The normalized spacial score (nSPS) is 21.9. The molecular formula is C23H18F4N4O2.